The zero-order valence-corrected chi connectivity index (χ0v) is 12.0. The molecule has 0 saturated carbocycles. The van der Waals surface area contributed by atoms with Gasteiger partial charge in [-0.15, -0.1) is 23.1 Å². The van der Waals surface area contributed by atoms with Gasteiger partial charge >= 0.3 is 0 Å². The lowest BCUT2D eigenvalue weighted by atomic mass is 10.2. The van der Waals surface area contributed by atoms with Crippen LogP contribution in [0.25, 0.3) is 0 Å². The van der Waals surface area contributed by atoms with Crippen molar-refractivity contribution in [2.45, 2.75) is 30.0 Å². The lowest BCUT2D eigenvalue weighted by molar-refractivity contribution is 0.626. The number of thiophene rings is 1. The summed E-state index contributed by atoms with van der Waals surface area (Å²) in [5.74, 6) is -0.205. The predicted molar refractivity (Wildman–Crippen MR) is 77.7 cm³/mol. The van der Waals surface area contributed by atoms with Crippen molar-refractivity contribution in [2.75, 3.05) is 0 Å². The fourth-order valence-corrected chi connectivity index (χ4v) is 3.95. The Hall–Kier alpha value is -0.840. The zero-order chi connectivity index (χ0) is 13.1. The molecule has 1 heterocycles. The number of rotatable bonds is 4. The molecule has 2 aromatic rings. The first-order valence-electron chi connectivity index (χ1n) is 5.80. The fourth-order valence-electron chi connectivity index (χ4n) is 1.69. The Kier molecular flexibility index (Phi) is 4.43. The summed E-state index contributed by atoms with van der Waals surface area (Å²) in [6.45, 7) is 4.10. The first kappa shape index (κ1) is 13.6. The Morgan fingerprint density at radius 2 is 1.83 bits per heavy atom. The van der Waals surface area contributed by atoms with Gasteiger partial charge < -0.3 is 5.73 Å². The van der Waals surface area contributed by atoms with Crippen molar-refractivity contribution in [1.82, 2.24) is 0 Å². The molecule has 4 heteroatoms. The van der Waals surface area contributed by atoms with E-state index in [0.29, 0.717) is 0 Å². The molecule has 2 rings (SSSR count). The lowest BCUT2D eigenvalue weighted by Crippen LogP contribution is -2.21. The van der Waals surface area contributed by atoms with Crippen LogP contribution in [0.15, 0.2) is 41.3 Å². The number of hydrogen-bond donors (Lipinski definition) is 1. The predicted octanol–water partition coefficient (Wildman–Crippen LogP) is 4.38. The second-order valence-electron chi connectivity index (χ2n) is 4.30. The third-order valence-corrected chi connectivity index (χ3v) is 5.31. The van der Waals surface area contributed by atoms with E-state index < -0.39 is 0 Å². The first-order chi connectivity index (χ1) is 8.56. The van der Waals surface area contributed by atoms with Gasteiger partial charge in [0.1, 0.15) is 5.82 Å². The topological polar surface area (TPSA) is 26.0 Å². The molecule has 0 bridgehead atoms. The van der Waals surface area contributed by atoms with Crippen molar-refractivity contribution in [1.29, 1.82) is 0 Å². The molecular weight excluding hydrogens is 265 g/mol. The van der Waals surface area contributed by atoms with Crippen molar-refractivity contribution >= 4 is 23.1 Å². The molecule has 0 aliphatic heterocycles. The highest BCUT2D eigenvalue weighted by Crippen LogP contribution is 2.40. The Bertz CT molecular complexity index is 505. The van der Waals surface area contributed by atoms with Gasteiger partial charge in [-0.25, -0.2) is 4.39 Å². The third-order valence-electron chi connectivity index (χ3n) is 2.60. The normalized spacial score (nSPS) is 14.4. The summed E-state index contributed by atoms with van der Waals surface area (Å²) in [6.07, 6.45) is 0. The third kappa shape index (κ3) is 3.34. The molecule has 0 saturated heterocycles. The van der Waals surface area contributed by atoms with E-state index in [0.717, 1.165) is 4.90 Å². The van der Waals surface area contributed by atoms with E-state index in [1.54, 1.807) is 35.2 Å². The number of thioether (sulfide) groups is 1. The van der Waals surface area contributed by atoms with Gasteiger partial charge in [0.25, 0.3) is 0 Å². The van der Waals surface area contributed by atoms with Crippen molar-refractivity contribution in [3.8, 4) is 0 Å². The zero-order valence-electron chi connectivity index (χ0n) is 10.4. The summed E-state index contributed by atoms with van der Waals surface area (Å²) in [5.41, 5.74) is 6.07. The van der Waals surface area contributed by atoms with Crippen LogP contribution in [0.4, 0.5) is 4.39 Å². The maximum atomic E-state index is 12.9. The number of halogens is 1. The van der Waals surface area contributed by atoms with Gasteiger partial charge in [0, 0.05) is 20.7 Å². The highest BCUT2D eigenvalue weighted by atomic mass is 32.2. The minimum Gasteiger partial charge on any atom is -0.327 e. The highest BCUT2D eigenvalue weighted by molar-refractivity contribution is 7.99. The van der Waals surface area contributed by atoms with Crippen LogP contribution in [-0.2, 0) is 0 Å². The van der Waals surface area contributed by atoms with Crippen LogP contribution in [0, 0.1) is 12.7 Å². The summed E-state index contributed by atoms with van der Waals surface area (Å²) in [7, 11) is 0. The molecule has 1 nitrogen and oxygen atoms in total. The molecule has 0 amide bonds. The van der Waals surface area contributed by atoms with Crippen molar-refractivity contribution in [3.05, 3.63) is 52.0 Å². The average Bonchev–Trinajstić information content (AvgIpc) is 2.74. The van der Waals surface area contributed by atoms with E-state index in [2.05, 4.69) is 19.1 Å². The second-order valence-corrected chi connectivity index (χ2v) is 6.83. The van der Waals surface area contributed by atoms with Gasteiger partial charge in [0.15, 0.2) is 0 Å². The average molecular weight is 281 g/mol. The van der Waals surface area contributed by atoms with Crippen LogP contribution in [0.2, 0.25) is 0 Å². The van der Waals surface area contributed by atoms with Gasteiger partial charge in [0.2, 0.25) is 0 Å². The Morgan fingerprint density at radius 3 is 2.33 bits per heavy atom. The molecular formula is C14H16FNS2. The molecule has 2 atom stereocenters. The molecule has 1 aromatic carbocycles. The van der Waals surface area contributed by atoms with Gasteiger partial charge in [0.05, 0.1) is 5.25 Å². The number of nitrogens with two attached hydrogens (primary N) is 1. The smallest absolute Gasteiger partial charge is 0.123 e. The van der Waals surface area contributed by atoms with E-state index >= 15 is 0 Å². The Morgan fingerprint density at radius 1 is 1.17 bits per heavy atom. The van der Waals surface area contributed by atoms with E-state index in [4.69, 9.17) is 5.73 Å². The molecule has 0 radical (unpaired) electrons. The molecule has 2 unspecified atom stereocenters. The quantitative estimate of drug-likeness (QED) is 0.842. The monoisotopic (exact) mass is 281 g/mol. The van der Waals surface area contributed by atoms with Crippen LogP contribution in [0.5, 0.6) is 0 Å². The largest absolute Gasteiger partial charge is 0.327 e. The first-order valence-corrected chi connectivity index (χ1v) is 7.50. The van der Waals surface area contributed by atoms with Crippen LogP contribution in [-0.4, -0.2) is 6.04 Å². The van der Waals surface area contributed by atoms with Gasteiger partial charge in [-0.1, -0.05) is 0 Å². The number of benzene rings is 1. The maximum Gasteiger partial charge on any atom is 0.123 e. The molecule has 96 valence electrons. The van der Waals surface area contributed by atoms with Gasteiger partial charge in [-0.2, -0.15) is 0 Å². The van der Waals surface area contributed by atoms with Crippen molar-refractivity contribution in [2.24, 2.45) is 5.73 Å². The van der Waals surface area contributed by atoms with E-state index in [1.165, 1.54) is 21.9 Å². The molecule has 0 aliphatic rings. The molecule has 1 aromatic heterocycles. The van der Waals surface area contributed by atoms with Crippen LogP contribution < -0.4 is 5.73 Å². The SMILES string of the molecule is Cc1ccc(C(Sc2ccc(F)cc2)C(C)N)s1. The minimum absolute atomic E-state index is 0.0538. The summed E-state index contributed by atoms with van der Waals surface area (Å²) in [5, 5.41) is 0.217. The van der Waals surface area contributed by atoms with E-state index in [-0.39, 0.29) is 17.1 Å². The molecule has 18 heavy (non-hydrogen) atoms. The molecule has 2 N–H and O–H groups in total. The summed E-state index contributed by atoms with van der Waals surface area (Å²) >= 11 is 3.46. The molecule has 0 aliphatic carbocycles. The Labute approximate surface area is 115 Å². The van der Waals surface area contributed by atoms with Crippen molar-refractivity contribution in [3.63, 3.8) is 0 Å². The van der Waals surface area contributed by atoms with Gasteiger partial charge in [-0.05, 0) is 50.2 Å². The number of hydrogen-bond acceptors (Lipinski definition) is 3. The summed E-state index contributed by atoms with van der Waals surface area (Å²) in [6, 6.07) is 10.9. The van der Waals surface area contributed by atoms with Crippen LogP contribution in [0.1, 0.15) is 21.9 Å². The Balaban J connectivity index is 2.19. The second kappa shape index (κ2) is 5.87. The lowest BCUT2D eigenvalue weighted by Gasteiger charge is -2.19. The molecule has 0 spiro atoms. The molecule has 0 fully saturated rings. The van der Waals surface area contributed by atoms with Crippen LogP contribution in [0.3, 0.4) is 0 Å². The van der Waals surface area contributed by atoms with Crippen molar-refractivity contribution < 1.29 is 4.39 Å². The minimum atomic E-state index is -0.205. The summed E-state index contributed by atoms with van der Waals surface area (Å²) < 4.78 is 12.9. The summed E-state index contributed by atoms with van der Waals surface area (Å²) in [4.78, 5) is 3.61. The van der Waals surface area contributed by atoms with Crippen LogP contribution >= 0.6 is 23.1 Å². The van der Waals surface area contributed by atoms with Gasteiger partial charge in [-0.3, -0.25) is 0 Å². The fraction of sp³-hybridized carbons (Fsp3) is 0.286. The maximum absolute atomic E-state index is 12.9. The van der Waals surface area contributed by atoms with E-state index in [9.17, 15) is 4.39 Å². The standard InChI is InChI=1S/C14H16FNS2/c1-9-3-8-13(17-9)14(10(2)16)18-12-6-4-11(15)5-7-12/h3-8,10,14H,16H2,1-2H3. The number of aryl methyl sites for hydroxylation is 1. The van der Waals surface area contributed by atoms with E-state index in [1.807, 2.05) is 6.92 Å². The highest BCUT2D eigenvalue weighted by Gasteiger charge is 2.19.